The van der Waals surface area contributed by atoms with E-state index in [0.717, 1.165) is 23.8 Å². The average molecular weight is 281 g/mol. The smallest absolute Gasteiger partial charge is 0.00955 e. The molecule has 0 radical (unpaired) electrons. The van der Waals surface area contributed by atoms with Crippen molar-refractivity contribution in [1.29, 1.82) is 0 Å². The first-order valence-corrected chi connectivity index (χ1v) is 9.15. The van der Waals surface area contributed by atoms with Crippen LogP contribution < -0.4 is 5.32 Å². The Kier molecular flexibility index (Phi) is 6.83. The summed E-state index contributed by atoms with van der Waals surface area (Å²) < 4.78 is 0. The van der Waals surface area contributed by atoms with E-state index in [1.807, 2.05) is 0 Å². The van der Waals surface area contributed by atoms with Gasteiger partial charge >= 0.3 is 0 Å². The quantitative estimate of drug-likeness (QED) is 0.793. The molecular formula is C18H36N2. The van der Waals surface area contributed by atoms with Gasteiger partial charge in [-0.2, -0.15) is 0 Å². The number of piperidine rings is 1. The number of hydrogen-bond donors (Lipinski definition) is 1. The molecule has 2 nitrogen and oxygen atoms in total. The molecule has 0 bridgehead atoms. The van der Waals surface area contributed by atoms with E-state index in [4.69, 9.17) is 0 Å². The molecule has 2 fully saturated rings. The lowest BCUT2D eigenvalue weighted by atomic mass is 9.79. The highest BCUT2D eigenvalue weighted by Crippen LogP contribution is 2.32. The fraction of sp³-hybridized carbons (Fsp3) is 1.00. The van der Waals surface area contributed by atoms with Crippen molar-refractivity contribution in [1.82, 2.24) is 10.2 Å². The van der Waals surface area contributed by atoms with Crippen molar-refractivity contribution < 1.29 is 0 Å². The molecule has 2 heteroatoms. The minimum Gasteiger partial charge on any atom is -0.316 e. The van der Waals surface area contributed by atoms with Crippen LogP contribution in [0.15, 0.2) is 0 Å². The van der Waals surface area contributed by atoms with Crippen LogP contribution in [0.5, 0.6) is 0 Å². The SMILES string of the molecule is CCCN(CC1CCCNC1)C1CCC(C(C)C)CC1. The monoisotopic (exact) mass is 280 g/mol. The minimum atomic E-state index is 0.881. The molecule has 0 amide bonds. The molecular weight excluding hydrogens is 244 g/mol. The zero-order valence-corrected chi connectivity index (χ0v) is 14.0. The standard InChI is InChI=1S/C18H36N2/c1-4-12-20(14-16-6-5-11-19-13-16)18-9-7-17(8-10-18)15(2)3/h15-19H,4-14H2,1-3H3. The van der Waals surface area contributed by atoms with Gasteiger partial charge in [-0.15, -0.1) is 0 Å². The largest absolute Gasteiger partial charge is 0.316 e. The number of rotatable bonds is 6. The Morgan fingerprint density at radius 1 is 1.10 bits per heavy atom. The predicted octanol–water partition coefficient (Wildman–Crippen LogP) is 3.91. The third-order valence-corrected chi connectivity index (χ3v) is 5.60. The third-order valence-electron chi connectivity index (χ3n) is 5.60. The first-order valence-electron chi connectivity index (χ1n) is 9.15. The van der Waals surface area contributed by atoms with Gasteiger partial charge < -0.3 is 10.2 Å². The molecule has 0 aromatic carbocycles. The van der Waals surface area contributed by atoms with E-state index in [9.17, 15) is 0 Å². The van der Waals surface area contributed by atoms with Crippen molar-refractivity contribution in [3.8, 4) is 0 Å². The van der Waals surface area contributed by atoms with Crippen molar-refractivity contribution in [3.63, 3.8) is 0 Å². The van der Waals surface area contributed by atoms with Crippen molar-refractivity contribution in [2.24, 2.45) is 17.8 Å². The summed E-state index contributed by atoms with van der Waals surface area (Å²) in [5, 5.41) is 3.58. The summed E-state index contributed by atoms with van der Waals surface area (Å²) in [4.78, 5) is 2.84. The Morgan fingerprint density at radius 3 is 2.40 bits per heavy atom. The second-order valence-corrected chi connectivity index (χ2v) is 7.52. The maximum absolute atomic E-state index is 3.58. The second-order valence-electron chi connectivity index (χ2n) is 7.52. The van der Waals surface area contributed by atoms with Crippen LogP contribution in [0.1, 0.15) is 65.7 Å². The van der Waals surface area contributed by atoms with E-state index < -0.39 is 0 Å². The Balaban J connectivity index is 1.82. The molecule has 2 aliphatic rings. The van der Waals surface area contributed by atoms with Crippen molar-refractivity contribution in [2.75, 3.05) is 26.2 Å². The van der Waals surface area contributed by atoms with Crippen molar-refractivity contribution in [2.45, 2.75) is 71.8 Å². The van der Waals surface area contributed by atoms with E-state index in [1.54, 1.807) is 0 Å². The van der Waals surface area contributed by atoms with E-state index in [1.165, 1.54) is 71.1 Å². The summed E-state index contributed by atoms with van der Waals surface area (Å²) in [6.45, 7) is 12.3. The highest BCUT2D eigenvalue weighted by Gasteiger charge is 2.28. The van der Waals surface area contributed by atoms with Crippen LogP contribution in [0.25, 0.3) is 0 Å². The van der Waals surface area contributed by atoms with Gasteiger partial charge in [-0.05, 0) is 82.3 Å². The lowest BCUT2D eigenvalue weighted by molar-refractivity contribution is 0.101. The maximum Gasteiger partial charge on any atom is 0.00955 e. The van der Waals surface area contributed by atoms with Crippen LogP contribution >= 0.6 is 0 Å². The van der Waals surface area contributed by atoms with Gasteiger partial charge in [0, 0.05) is 12.6 Å². The molecule has 2 rings (SSSR count). The zero-order valence-electron chi connectivity index (χ0n) is 14.0. The summed E-state index contributed by atoms with van der Waals surface area (Å²) in [6, 6.07) is 0.881. The van der Waals surface area contributed by atoms with Gasteiger partial charge in [0.25, 0.3) is 0 Å². The molecule has 1 unspecified atom stereocenters. The molecule has 0 aromatic rings. The highest BCUT2D eigenvalue weighted by molar-refractivity contribution is 4.83. The third kappa shape index (κ3) is 4.73. The molecule has 0 aromatic heterocycles. The molecule has 1 aliphatic heterocycles. The average Bonchev–Trinajstić information content (AvgIpc) is 2.48. The van der Waals surface area contributed by atoms with Gasteiger partial charge in [0.2, 0.25) is 0 Å². The molecule has 1 saturated heterocycles. The lowest BCUT2D eigenvalue weighted by Gasteiger charge is -2.40. The molecule has 20 heavy (non-hydrogen) atoms. The summed E-state index contributed by atoms with van der Waals surface area (Å²) in [7, 11) is 0. The topological polar surface area (TPSA) is 15.3 Å². The lowest BCUT2D eigenvalue weighted by Crippen LogP contribution is -2.45. The number of hydrogen-bond acceptors (Lipinski definition) is 2. The summed E-state index contributed by atoms with van der Waals surface area (Å²) in [6.07, 6.45) is 9.95. The summed E-state index contributed by atoms with van der Waals surface area (Å²) in [5.74, 6) is 2.78. The van der Waals surface area contributed by atoms with E-state index in [0.29, 0.717) is 0 Å². The summed E-state index contributed by atoms with van der Waals surface area (Å²) in [5.41, 5.74) is 0. The molecule has 1 atom stereocenters. The van der Waals surface area contributed by atoms with Gasteiger partial charge in [0.05, 0.1) is 0 Å². The molecule has 1 aliphatic carbocycles. The minimum absolute atomic E-state index is 0.881. The normalized spacial score (nSPS) is 31.9. The van der Waals surface area contributed by atoms with Crippen LogP contribution in [0, 0.1) is 17.8 Å². The van der Waals surface area contributed by atoms with Gasteiger partial charge in [-0.25, -0.2) is 0 Å². The van der Waals surface area contributed by atoms with Crippen LogP contribution in [-0.2, 0) is 0 Å². The Hall–Kier alpha value is -0.0800. The molecule has 1 heterocycles. The van der Waals surface area contributed by atoms with Crippen LogP contribution in [0.4, 0.5) is 0 Å². The predicted molar refractivity (Wildman–Crippen MR) is 88.0 cm³/mol. The molecule has 1 saturated carbocycles. The first-order chi connectivity index (χ1) is 9.70. The second kappa shape index (κ2) is 8.38. The van der Waals surface area contributed by atoms with Crippen LogP contribution in [0.3, 0.4) is 0 Å². The van der Waals surface area contributed by atoms with Crippen LogP contribution in [0.2, 0.25) is 0 Å². The van der Waals surface area contributed by atoms with E-state index >= 15 is 0 Å². The fourth-order valence-corrected chi connectivity index (χ4v) is 4.26. The molecule has 1 N–H and O–H groups in total. The zero-order chi connectivity index (χ0) is 14.4. The number of nitrogens with zero attached hydrogens (tertiary/aromatic N) is 1. The molecule has 118 valence electrons. The van der Waals surface area contributed by atoms with Crippen LogP contribution in [-0.4, -0.2) is 37.1 Å². The first kappa shape index (κ1) is 16.3. The van der Waals surface area contributed by atoms with Crippen molar-refractivity contribution >= 4 is 0 Å². The van der Waals surface area contributed by atoms with Gasteiger partial charge in [-0.3, -0.25) is 0 Å². The van der Waals surface area contributed by atoms with Gasteiger partial charge in [-0.1, -0.05) is 20.8 Å². The molecule has 0 spiro atoms. The Bertz CT molecular complexity index is 250. The van der Waals surface area contributed by atoms with Gasteiger partial charge in [0.15, 0.2) is 0 Å². The highest BCUT2D eigenvalue weighted by atomic mass is 15.2. The van der Waals surface area contributed by atoms with E-state index in [-0.39, 0.29) is 0 Å². The maximum atomic E-state index is 3.58. The Labute approximate surface area is 126 Å². The Morgan fingerprint density at radius 2 is 1.85 bits per heavy atom. The van der Waals surface area contributed by atoms with Crippen molar-refractivity contribution in [3.05, 3.63) is 0 Å². The van der Waals surface area contributed by atoms with E-state index in [2.05, 4.69) is 31.0 Å². The summed E-state index contributed by atoms with van der Waals surface area (Å²) >= 11 is 0. The number of nitrogens with one attached hydrogen (secondary N) is 1. The fourth-order valence-electron chi connectivity index (χ4n) is 4.26. The van der Waals surface area contributed by atoms with Gasteiger partial charge in [0.1, 0.15) is 0 Å².